The number of hydrogen-bond acceptors (Lipinski definition) is 22. The third-order valence-corrected chi connectivity index (χ3v) is 28.2. The zero-order valence-corrected chi connectivity index (χ0v) is 71.2. The molecule has 32 heteroatoms. The molecule has 0 unspecified atom stereocenters. The number of sulfonamides is 2. The number of benzene rings is 6. The van der Waals surface area contributed by atoms with Crippen LogP contribution in [0.1, 0.15) is 126 Å². The number of aromatic nitrogens is 4. The lowest BCUT2D eigenvalue weighted by Gasteiger charge is -2.47. The number of aromatic amines is 2. The van der Waals surface area contributed by atoms with Crippen LogP contribution < -0.4 is 29.6 Å². The molecular weight excluding hydrogens is 1660 g/mol. The number of halogens is 2. The molecule has 10 aromatic rings. The second-order valence-electron chi connectivity index (χ2n) is 33.2. The van der Waals surface area contributed by atoms with Crippen LogP contribution in [-0.2, 0) is 39.0 Å². The average Bonchev–Trinajstić information content (AvgIpc) is 0.844. The van der Waals surface area contributed by atoms with Gasteiger partial charge in [-0.15, -0.1) is 0 Å². The molecule has 2 amide bonds. The summed E-state index contributed by atoms with van der Waals surface area (Å²) in [4.78, 5) is 69.6. The summed E-state index contributed by atoms with van der Waals surface area (Å²) in [6, 6.07) is 40.8. The van der Waals surface area contributed by atoms with Crippen LogP contribution in [0.2, 0.25) is 10.0 Å². The number of nitro groups is 2. The monoisotopic (exact) mass is 1760 g/mol. The van der Waals surface area contributed by atoms with Crippen LogP contribution in [-0.4, -0.2) is 173 Å². The van der Waals surface area contributed by atoms with Crippen molar-refractivity contribution in [2.75, 3.05) is 109 Å². The summed E-state index contributed by atoms with van der Waals surface area (Å²) in [6.45, 7) is 9.62. The van der Waals surface area contributed by atoms with E-state index in [1.165, 1.54) is 102 Å². The van der Waals surface area contributed by atoms with Crippen molar-refractivity contribution in [3.05, 3.63) is 257 Å². The first kappa shape index (κ1) is 85.0. The number of carbonyl (C=O) groups is 2. The first-order chi connectivity index (χ1) is 60.0. The lowest BCUT2D eigenvalue weighted by molar-refractivity contribution is -0.384. The van der Waals surface area contributed by atoms with Crippen molar-refractivity contribution in [2.24, 2.45) is 16.7 Å². The van der Waals surface area contributed by atoms with Gasteiger partial charge in [0, 0.05) is 116 Å². The van der Waals surface area contributed by atoms with Gasteiger partial charge in [-0.05, 0) is 230 Å². The maximum atomic E-state index is 13.9. The molecule has 28 nitrogen and oxygen atoms in total. The largest absolute Gasteiger partial charge is 0.455 e. The number of nitro benzene ring substituents is 2. The van der Waals surface area contributed by atoms with E-state index in [2.05, 4.69) is 86.2 Å². The van der Waals surface area contributed by atoms with Crippen LogP contribution in [0.5, 0.6) is 23.0 Å². The van der Waals surface area contributed by atoms with Crippen molar-refractivity contribution in [3.8, 4) is 23.0 Å². The standard InChI is InChI=1S/C47H49ClN6O7S.C45H45ClN6O9S/c48-37-5-2-33(3-6-37)41-27-47(16-1-17-47)18-10-36(41)30-53-20-12-32(13-21-53)34-4-8-40(44(25-34)61-38-24-35-11-19-49-45(35)51-29-38)46(55)52-62(58,59)39-7-9-42(43(26-39)54(56)57)50-28-31-14-22-60-23-15-31;46-34-4-1-30(2-5-34)39-22-45(27-59-28-45)13-9-33(39)25-51-15-11-29(12-16-51)31-3-7-38(42(20-31)61-35-19-32-10-14-47-43(32)49-23-35)44(53)50-62(56,57)37-6-8-40(41(21-37)52(54)55)48-24-36-26-58-17-18-60-36/h2-9,11-12,19,24-26,29,31,50H,1,10,13-18,20-23,27-28,30H2,(H,49,51)(H,52,55);1-8,10-11,14,19-21,23,36,48H,9,12-13,15-18,22,24-28H2,(H,47,49)(H,50,53)/t;36-/m.1/s1. The highest BCUT2D eigenvalue weighted by Crippen LogP contribution is 2.56. The van der Waals surface area contributed by atoms with Crippen LogP contribution in [0.4, 0.5) is 22.7 Å². The number of amides is 2. The summed E-state index contributed by atoms with van der Waals surface area (Å²) in [5, 5.41) is 33.2. The highest BCUT2D eigenvalue weighted by atomic mass is 35.5. The number of carbonyl (C=O) groups excluding carboxylic acids is 2. The van der Waals surface area contributed by atoms with Gasteiger partial charge in [0.15, 0.2) is 0 Å². The summed E-state index contributed by atoms with van der Waals surface area (Å²) in [6.07, 6.45) is 24.3. The molecule has 8 aliphatic rings. The SMILES string of the molecule is O=C(NS(=O)(=O)c1ccc(NCC2CCOCC2)c([N+](=O)[O-])c1)c1ccc(C2=CCN(CC3=C(c4ccc(Cl)cc4)CC4(CCC4)CC3)CC2)cc1Oc1cnc2[nH]ccc2c1.O=C(NS(=O)(=O)c1ccc(NC[C@@H]2COCCO2)c([N+](=O)[O-])c1)c1ccc(C2=CCN(CC3=C(c4ccc(Cl)cc4)CC4(CC3)COC4)CC2)cc1Oc1cnc2[nH]ccc2c1. The van der Waals surface area contributed by atoms with Crippen LogP contribution >= 0.6 is 23.2 Å². The summed E-state index contributed by atoms with van der Waals surface area (Å²) in [7, 11) is -9.14. The van der Waals surface area contributed by atoms with Gasteiger partial charge in [0.1, 0.15) is 45.7 Å². The lowest BCUT2D eigenvalue weighted by Crippen LogP contribution is -2.45. The first-order valence-electron chi connectivity index (χ1n) is 41.8. The van der Waals surface area contributed by atoms with Crippen LogP contribution in [0.15, 0.2) is 203 Å². The minimum Gasteiger partial charge on any atom is -0.455 e. The molecule has 6 N–H and O–H groups in total. The molecule has 18 rings (SSSR count). The fraction of sp³-hybridized carbons (Fsp3) is 0.348. The van der Waals surface area contributed by atoms with E-state index in [4.69, 9.17) is 51.6 Å². The molecule has 4 fully saturated rings. The lowest BCUT2D eigenvalue weighted by atomic mass is 9.59. The molecule has 3 saturated heterocycles. The number of rotatable bonds is 26. The Morgan fingerprint density at radius 3 is 1.47 bits per heavy atom. The number of fused-ring (bicyclic) bond motifs is 2. The van der Waals surface area contributed by atoms with Crippen molar-refractivity contribution < 1.29 is 64.7 Å². The molecule has 124 heavy (non-hydrogen) atoms. The Bertz CT molecular complexity index is 5750. The van der Waals surface area contributed by atoms with E-state index in [0.29, 0.717) is 72.8 Å². The Kier molecular flexibility index (Phi) is 25.3. The number of nitrogens with zero attached hydrogens (tertiary/aromatic N) is 6. The molecule has 1 atom stereocenters. The van der Waals surface area contributed by atoms with E-state index < -0.39 is 62.9 Å². The van der Waals surface area contributed by atoms with Crippen molar-refractivity contribution in [1.82, 2.24) is 39.2 Å². The Balaban J connectivity index is 0.000000176. The highest BCUT2D eigenvalue weighted by Gasteiger charge is 2.44. The number of H-pyrrole nitrogens is 2. The molecule has 4 aromatic heterocycles. The molecular formula is C92H94Cl2N12O16S2. The summed E-state index contributed by atoms with van der Waals surface area (Å²) in [5.41, 5.74) is 13.4. The molecule has 6 aromatic carbocycles. The van der Waals surface area contributed by atoms with Gasteiger partial charge >= 0.3 is 0 Å². The van der Waals surface area contributed by atoms with Crippen molar-refractivity contribution in [2.45, 2.75) is 99.4 Å². The highest BCUT2D eigenvalue weighted by molar-refractivity contribution is 7.90. The Morgan fingerprint density at radius 2 is 1.02 bits per heavy atom. The van der Waals surface area contributed by atoms with Crippen LogP contribution in [0.25, 0.3) is 44.4 Å². The zero-order chi connectivity index (χ0) is 85.7. The number of nitrogens with one attached hydrogen (secondary N) is 6. The molecule has 644 valence electrons. The van der Waals surface area contributed by atoms with E-state index in [1.807, 2.05) is 36.4 Å². The van der Waals surface area contributed by atoms with Gasteiger partial charge in [0.05, 0.1) is 82.3 Å². The van der Waals surface area contributed by atoms with E-state index in [-0.39, 0.29) is 58.0 Å². The number of ether oxygens (including phenoxy) is 6. The topological polar surface area (TPSA) is 356 Å². The van der Waals surface area contributed by atoms with Gasteiger partial charge < -0.3 is 49.0 Å². The summed E-state index contributed by atoms with van der Waals surface area (Å²) in [5.74, 6) is -0.699. The zero-order valence-electron chi connectivity index (χ0n) is 68.1. The summed E-state index contributed by atoms with van der Waals surface area (Å²) < 4.78 is 93.6. The van der Waals surface area contributed by atoms with Gasteiger partial charge in [0.25, 0.3) is 43.2 Å². The molecule has 1 saturated carbocycles. The van der Waals surface area contributed by atoms with Crippen molar-refractivity contribution in [1.29, 1.82) is 0 Å². The Labute approximate surface area is 727 Å². The van der Waals surface area contributed by atoms with Gasteiger partial charge in [-0.1, -0.05) is 89.3 Å². The first-order valence-corrected chi connectivity index (χ1v) is 45.6. The van der Waals surface area contributed by atoms with Gasteiger partial charge in [0.2, 0.25) is 0 Å². The number of allylic oxidation sites excluding steroid dienone is 2. The van der Waals surface area contributed by atoms with E-state index >= 15 is 0 Å². The molecule has 5 aliphatic heterocycles. The van der Waals surface area contributed by atoms with E-state index in [1.54, 1.807) is 54.9 Å². The quantitative estimate of drug-likeness (QED) is 0.0217. The molecule has 9 heterocycles. The maximum Gasteiger partial charge on any atom is 0.293 e. The molecule has 3 aliphatic carbocycles. The van der Waals surface area contributed by atoms with Crippen molar-refractivity contribution in [3.63, 3.8) is 0 Å². The Hall–Kier alpha value is -11.2. The molecule has 2 spiro atoms. The van der Waals surface area contributed by atoms with Gasteiger partial charge in [-0.25, -0.2) is 36.2 Å². The predicted octanol–water partition coefficient (Wildman–Crippen LogP) is 17.4. The summed E-state index contributed by atoms with van der Waals surface area (Å²) >= 11 is 12.5. The molecule has 0 bridgehead atoms. The van der Waals surface area contributed by atoms with Crippen molar-refractivity contribution >= 4 is 122 Å². The number of anilines is 2. The minimum absolute atomic E-state index is 0.0306. The normalized spacial score (nSPS) is 18.7. The fourth-order valence-electron chi connectivity index (χ4n) is 17.8. The minimum atomic E-state index is -4.59. The van der Waals surface area contributed by atoms with Crippen LogP contribution in [0.3, 0.4) is 0 Å². The average molecular weight is 1760 g/mol. The number of pyridine rings is 2. The smallest absolute Gasteiger partial charge is 0.293 e. The second kappa shape index (κ2) is 36.9. The van der Waals surface area contributed by atoms with Gasteiger partial charge in [-0.2, -0.15) is 0 Å². The third-order valence-electron chi connectivity index (χ3n) is 25.0. The predicted molar refractivity (Wildman–Crippen MR) is 474 cm³/mol. The number of hydrogen-bond donors (Lipinski definition) is 6. The second-order valence-corrected chi connectivity index (χ2v) is 37.5. The van der Waals surface area contributed by atoms with E-state index in [9.17, 15) is 46.7 Å². The molecule has 0 radical (unpaired) electrons. The van der Waals surface area contributed by atoms with Gasteiger partial charge in [-0.3, -0.25) is 39.6 Å². The fourth-order valence-corrected chi connectivity index (χ4v) is 20.0. The van der Waals surface area contributed by atoms with Crippen LogP contribution in [0, 0.1) is 37.0 Å². The third kappa shape index (κ3) is 19.7. The maximum absolute atomic E-state index is 13.9. The van der Waals surface area contributed by atoms with E-state index in [0.717, 1.165) is 160 Å². The Morgan fingerprint density at radius 1 is 0.540 bits per heavy atom.